The van der Waals surface area contributed by atoms with Crippen molar-refractivity contribution in [1.82, 2.24) is 4.57 Å². The van der Waals surface area contributed by atoms with Crippen LogP contribution in [0, 0.1) is 0 Å². The van der Waals surface area contributed by atoms with Crippen LogP contribution >= 0.6 is 11.3 Å². The molecule has 0 N–H and O–H groups in total. The molecule has 7 heteroatoms. The number of carbonyl (C=O) groups is 1. The minimum absolute atomic E-state index is 0.236. The van der Waals surface area contributed by atoms with Gasteiger partial charge in [0.25, 0.3) is 5.91 Å². The molecule has 122 valence electrons. The number of methoxy groups -OCH3 is 1. The van der Waals surface area contributed by atoms with Crippen LogP contribution in [0.5, 0.6) is 17.2 Å². The number of amides is 1. The van der Waals surface area contributed by atoms with Crippen LogP contribution < -0.4 is 19.0 Å². The minimum atomic E-state index is -0.338. The first kappa shape index (κ1) is 14.8. The van der Waals surface area contributed by atoms with Crippen molar-refractivity contribution in [3.63, 3.8) is 0 Å². The molecule has 0 atom stereocenters. The third kappa shape index (κ3) is 2.33. The van der Waals surface area contributed by atoms with Gasteiger partial charge < -0.3 is 18.8 Å². The molecule has 24 heavy (non-hydrogen) atoms. The second-order valence-corrected chi connectivity index (χ2v) is 6.24. The number of ether oxygens (including phenoxy) is 3. The molecule has 4 rings (SSSR count). The zero-order valence-corrected chi connectivity index (χ0v) is 13.9. The highest BCUT2D eigenvalue weighted by atomic mass is 32.1. The number of rotatable bonds is 2. The van der Waals surface area contributed by atoms with Gasteiger partial charge >= 0.3 is 0 Å². The molecule has 1 aliphatic heterocycles. The fraction of sp³-hybridized carbons (Fsp3) is 0.176. The van der Waals surface area contributed by atoms with Crippen LogP contribution in [0.25, 0.3) is 10.2 Å². The molecule has 0 saturated carbocycles. The van der Waals surface area contributed by atoms with E-state index in [1.54, 1.807) is 18.2 Å². The lowest BCUT2D eigenvalue weighted by Crippen LogP contribution is -2.13. The van der Waals surface area contributed by atoms with E-state index in [4.69, 9.17) is 14.2 Å². The molecule has 3 aromatic rings. The third-order valence-corrected chi connectivity index (χ3v) is 4.93. The highest BCUT2D eigenvalue weighted by Gasteiger charge is 2.17. The van der Waals surface area contributed by atoms with Gasteiger partial charge in [0.2, 0.25) is 6.79 Å². The van der Waals surface area contributed by atoms with Gasteiger partial charge in [0, 0.05) is 19.2 Å². The maximum Gasteiger partial charge on any atom is 0.283 e. The highest BCUT2D eigenvalue weighted by Crippen LogP contribution is 2.36. The Labute approximate surface area is 141 Å². The summed E-state index contributed by atoms with van der Waals surface area (Å²) in [5.41, 5.74) is 1.38. The van der Waals surface area contributed by atoms with Gasteiger partial charge in [0.05, 0.1) is 22.9 Å². The van der Waals surface area contributed by atoms with Crippen LogP contribution in [0.3, 0.4) is 0 Å². The third-order valence-electron chi connectivity index (χ3n) is 3.84. The SMILES string of the molecule is COc1ccccc1C(=O)N=c1sc2cc3c(cc2n1C)OCO3. The van der Waals surface area contributed by atoms with Gasteiger partial charge in [-0.1, -0.05) is 23.5 Å². The number of thiazole rings is 1. The molecule has 0 aliphatic carbocycles. The maximum absolute atomic E-state index is 12.5. The first-order valence-electron chi connectivity index (χ1n) is 7.28. The summed E-state index contributed by atoms with van der Waals surface area (Å²) in [6.45, 7) is 0.236. The number of aromatic nitrogens is 1. The van der Waals surface area contributed by atoms with Gasteiger partial charge in [-0.25, -0.2) is 0 Å². The van der Waals surface area contributed by atoms with Gasteiger partial charge in [-0.2, -0.15) is 4.99 Å². The van der Waals surface area contributed by atoms with Crippen molar-refractivity contribution in [3.8, 4) is 17.2 Å². The Morgan fingerprint density at radius 1 is 1.25 bits per heavy atom. The minimum Gasteiger partial charge on any atom is -0.496 e. The fourth-order valence-corrected chi connectivity index (χ4v) is 3.62. The molecule has 0 radical (unpaired) electrons. The quantitative estimate of drug-likeness (QED) is 0.718. The Morgan fingerprint density at radius 2 is 2.00 bits per heavy atom. The Morgan fingerprint density at radius 3 is 2.79 bits per heavy atom. The zero-order chi connectivity index (χ0) is 16.7. The highest BCUT2D eigenvalue weighted by molar-refractivity contribution is 7.16. The molecular weight excluding hydrogens is 328 g/mol. The molecule has 2 aromatic carbocycles. The van der Waals surface area contributed by atoms with Crippen molar-refractivity contribution in [3.05, 3.63) is 46.8 Å². The average molecular weight is 342 g/mol. The van der Waals surface area contributed by atoms with Crippen molar-refractivity contribution >= 4 is 27.5 Å². The lowest BCUT2D eigenvalue weighted by molar-refractivity contribution is 0.0995. The van der Waals surface area contributed by atoms with E-state index in [1.807, 2.05) is 29.8 Å². The number of benzene rings is 2. The predicted molar refractivity (Wildman–Crippen MR) is 89.8 cm³/mol. The summed E-state index contributed by atoms with van der Waals surface area (Å²) >= 11 is 1.43. The molecule has 0 fully saturated rings. The van der Waals surface area contributed by atoms with Crippen LogP contribution in [-0.2, 0) is 7.05 Å². The lowest BCUT2D eigenvalue weighted by Gasteiger charge is -2.03. The summed E-state index contributed by atoms with van der Waals surface area (Å²) in [5.74, 6) is 1.59. The van der Waals surface area contributed by atoms with Gasteiger partial charge in [0.15, 0.2) is 16.3 Å². The molecule has 0 saturated heterocycles. The van der Waals surface area contributed by atoms with E-state index >= 15 is 0 Å². The molecule has 1 aromatic heterocycles. The van der Waals surface area contributed by atoms with E-state index in [0.717, 1.165) is 10.2 Å². The molecule has 0 spiro atoms. The van der Waals surface area contributed by atoms with Gasteiger partial charge in [-0.05, 0) is 12.1 Å². The molecule has 2 heterocycles. The summed E-state index contributed by atoms with van der Waals surface area (Å²) in [5, 5.41) is 0. The van der Waals surface area contributed by atoms with E-state index in [2.05, 4.69) is 4.99 Å². The van der Waals surface area contributed by atoms with E-state index in [-0.39, 0.29) is 12.7 Å². The number of fused-ring (bicyclic) bond motifs is 2. The fourth-order valence-electron chi connectivity index (χ4n) is 2.59. The van der Waals surface area contributed by atoms with E-state index < -0.39 is 0 Å². The number of aryl methyl sites for hydroxylation is 1. The van der Waals surface area contributed by atoms with Crippen LogP contribution in [0.1, 0.15) is 10.4 Å². The first-order valence-corrected chi connectivity index (χ1v) is 8.10. The van der Waals surface area contributed by atoms with E-state index in [9.17, 15) is 4.79 Å². The molecule has 0 unspecified atom stereocenters. The second kappa shape index (κ2) is 5.68. The monoisotopic (exact) mass is 342 g/mol. The number of nitrogens with zero attached hydrogens (tertiary/aromatic N) is 2. The summed E-state index contributed by atoms with van der Waals surface area (Å²) < 4.78 is 18.9. The number of para-hydroxylation sites is 1. The topological polar surface area (TPSA) is 62.0 Å². The summed E-state index contributed by atoms with van der Waals surface area (Å²) in [7, 11) is 3.41. The van der Waals surface area contributed by atoms with Crippen molar-refractivity contribution in [2.45, 2.75) is 0 Å². The number of hydrogen-bond acceptors (Lipinski definition) is 5. The van der Waals surface area contributed by atoms with Crippen LogP contribution in [0.2, 0.25) is 0 Å². The second-order valence-electron chi connectivity index (χ2n) is 5.23. The summed E-state index contributed by atoms with van der Waals surface area (Å²) in [4.78, 5) is 17.4. The number of hydrogen-bond donors (Lipinski definition) is 0. The molecule has 6 nitrogen and oxygen atoms in total. The summed E-state index contributed by atoms with van der Waals surface area (Å²) in [6, 6.07) is 10.9. The van der Waals surface area contributed by atoms with Crippen LogP contribution in [-0.4, -0.2) is 24.4 Å². The Bertz CT molecular complexity index is 1020. The first-order chi connectivity index (χ1) is 11.7. The van der Waals surface area contributed by atoms with Crippen molar-refractivity contribution in [1.29, 1.82) is 0 Å². The Kier molecular flexibility index (Phi) is 3.50. The van der Waals surface area contributed by atoms with Crippen molar-refractivity contribution < 1.29 is 19.0 Å². The van der Waals surface area contributed by atoms with Crippen molar-refractivity contribution in [2.24, 2.45) is 12.0 Å². The summed E-state index contributed by atoms with van der Waals surface area (Å²) in [6.07, 6.45) is 0. The Balaban J connectivity index is 1.82. The van der Waals surface area contributed by atoms with Crippen LogP contribution in [0.4, 0.5) is 0 Å². The largest absolute Gasteiger partial charge is 0.496 e. The molecule has 0 bridgehead atoms. The smallest absolute Gasteiger partial charge is 0.283 e. The predicted octanol–water partition coefficient (Wildman–Crippen LogP) is 2.72. The standard InChI is InChI=1S/C17H14N2O4S/c1-19-11-7-13-14(23-9-22-13)8-15(11)24-17(19)18-16(20)10-5-3-4-6-12(10)21-2/h3-8H,9H2,1-2H3. The van der Waals surface area contributed by atoms with E-state index in [0.29, 0.717) is 27.6 Å². The van der Waals surface area contributed by atoms with Crippen molar-refractivity contribution in [2.75, 3.05) is 13.9 Å². The zero-order valence-electron chi connectivity index (χ0n) is 13.1. The lowest BCUT2D eigenvalue weighted by atomic mass is 10.2. The number of carbonyl (C=O) groups excluding carboxylic acids is 1. The van der Waals surface area contributed by atoms with Crippen LogP contribution in [0.15, 0.2) is 41.4 Å². The average Bonchev–Trinajstić information content (AvgIpc) is 3.17. The van der Waals surface area contributed by atoms with Gasteiger partial charge in [-0.15, -0.1) is 0 Å². The van der Waals surface area contributed by atoms with E-state index in [1.165, 1.54) is 18.4 Å². The molecule has 1 amide bonds. The van der Waals surface area contributed by atoms with Gasteiger partial charge in [0.1, 0.15) is 5.75 Å². The maximum atomic E-state index is 12.5. The molecule has 1 aliphatic rings. The van der Waals surface area contributed by atoms with Gasteiger partial charge in [-0.3, -0.25) is 4.79 Å². The Hall–Kier alpha value is -2.80. The normalized spacial score (nSPS) is 13.5. The molecular formula is C17H14N2O4S.